The van der Waals surface area contributed by atoms with E-state index in [1.165, 1.54) is 6.07 Å². The number of likely N-dealkylation sites (N-methyl/N-ethyl adjacent to an activating group) is 1. The van der Waals surface area contributed by atoms with E-state index in [4.69, 9.17) is 4.74 Å². The molecule has 1 atom stereocenters. The van der Waals surface area contributed by atoms with E-state index < -0.39 is 11.5 Å². The molecule has 4 nitrogen and oxygen atoms in total. The Morgan fingerprint density at radius 3 is 2.71 bits per heavy atom. The van der Waals surface area contributed by atoms with Crippen molar-refractivity contribution in [3.63, 3.8) is 0 Å². The van der Waals surface area contributed by atoms with Gasteiger partial charge in [-0.2, -0.15) is 0 Å². The number of hydrogen-bond donors (Lipinski definition) is 2. The molecule has 21 heavy (non-hydrogen) atoms. The molecule has 1 unspecified atom stereocenters. The van der Waals surface area contributed by atoms with Crippen LogP contribution in [0.3, 0.4) is 0 Å². The van der Waals surface area contributed by atoms with Crippen LogP contribution in [0.25, 0.3) is 0 Å². The van der Waals surface area contributed by atoms with E-state index in [0.29, 0.717) is 30.9 Å². The van der Waals surface area contributed by atoms with Crippen LogP contribution in [-0.4, -0.2) is 29.8 Å². The van der Waals surface area contributed by atoms with Crippen LogP contribution in [0.4, 0.5) is 4.39 Å². The zero-order valence-corrected chi connectivity index (χ0v) is 12.9. The SMILES string of the molecule is CCNC(C)(CCCCOc1ccc(F)c(C)c1)C(=O)O. The third-order valence-corrected chi connectivity index (χ3v) is 3.51. The van der Waals surface area contributed by atoms with Gasteiger partial charge in [0.25, 0.3) is 0 Å². The first-order valence-electron chi connectivity index (χ1n) is 7.26. The molecule has 1 aromatic rings. The Morgan fingerprint density at radius 1 is 1.43 bits per heavy atom. The van der Waals surface area contributed by atoms with Gasteiger partial charge in [-0.3, -0.25) is 4.79 Å². The van der Waals surface area contributed by atoms with Gasteiger partial charge < -0.3 is 15.2 Å². The minimum atomic E-state index is -0.888. The second-order valence-electron chi connectivity index (χ2n) is 5.38. The number of rotatable bonds is 9. The fourth-order valence-corrected chi connectivity index (χ4v) is 2.14. The molecule has 0 aliphatic heterocycles. The number of halogens is 1. The van der Waals surface area contributed by atoms with Crippen LogP contribution in [0.2, 0.25) is 0 Å². The topological polar surface area (TPSA) is 58.6 Å². The summed E-state index contributed by atoms with van der Waals surface area (Å²) < 4.78 is 18.6. The van der Waals surface area contributed by atoms with E-state index in [2.05, 4.69) is 5.32 Å². The van der Waals surface area contributed by atoms with Crippen molar-refractivity contribution in [2.45, 2.75) is 45.6 Å². The summed E-state index contributed by atoms with van der Waals surface area (Å²) in [4.78, 5) is 11.2. The summed E-state index contributed by atoms with van der Waals surface area (Å²) in [7, 11) is 0. The number of unbranched alkanes of at least 4 members (excludes halogenated alkanes) is 1. The molecule has 0 aliphatic carbocycles. The van der Waals surface area contributed by atoms with Crippen molar-refractivity contribution in [1.29, 1.82) is 0 Å². The minimum absolute atomic E-state index is 0.245. The first-order valence-corrected chi connectivity index (χ1v) is 7.26. The highest BCUT2D eigenvalue weighted by Gasteiger charge is 2.30. The molecular formula is C16H24FNO3. The van der Waals surface area contributed by atoms with Gasteiger partial charge in [-0.05, 0) is 63.4 Å². The van der Waals surface area contributed by atoms with Crippen LogP contribution in [0.5, 0.6) is 5.75 Å². The molecule has 0 radical (unpaired) electrons. The highest BCUT2D eigenvalue weighted by Crippen LogP contribution is 2.18. The van der Waals surface area contributed by atoms with Gasteiger partial charge >= 0.3 is 5.97 Å². The monoisotopic (exact) mass is 297 g/mol. The first-order chi connectivity index (χ1) is 9.89. The summed E-state index contributed by atoms with van der Waals surface area (Å²) in [6.45, 7) is 6.39. The number of carbonyl (C=O) groups is 1. The van der Waals surface area contributed by atoms with Crippen LogP contribution in [0.15, 0.2) is 18.2 Å². The molecule has 0 aromatic heterocycles. The largest absolute Gasteiger partial charge is 0.494 e. The van der Waals surface area contributed by atoms with E-state index in [9.17, 15) is 14.3 Å². The molecule has 1 aromatic carbocycles. The Bertz CT molecular complexity index is 479. The van der Waals surface area contributed by atoms with Gasteiger partial charge in [0.05, 0.1) is 6.61 Å². The van der Waals surface area contributed by atoms with Gasteiger partial charge in [0.2, 0.25) is 0 Å². The summed E-state index contributed by atoms with van der Waals surface area (Å²) in [6.07, 6.45) is 2.04. The second kappa shape index (κ2) is 7.98. The zero-order chi connectivity index (χ0) is 15.9. The lowest BCUT2D eigenvalue weighted by Gasteiger charge is -2.25. The molecule has 0 spiro atoms. The van der Waals surface area contributed by atoms with E-state index in [1.54, 1.807) is 26.0 Å². The van der Waals surface area contributed by atoms with Gasteiger partial charge in [-0.25, -0.2) is 4.39 Å². The smallest absolute Gasteiger partial charge is 0.323 e. The van der Waals surface area contributed by atoms with Crippen molar-refractivity contribution in [2.75, 3.05) is 13.2 Å². The second-order valence-corrected chi connectivity index (χ2v) is 5.38. The number of nitrogens with one attached hydrogen (secondary N) is 1. The first kappa shape index (κ1) is 17.4. The fraction of sp³-hybridized carbons (Fsp3) is 0.562. The zero-order valence-electron chi connectivity index (χ0n) is 12.9. The molecule has 0 fully saturated rings. The van der Waals surface area contributed by atoms with Crippen molar-refractivity contribution >= 4 is 5.97 Å². The number of ether oxygens (including phenoxy) is 1. The van der Waals surface area contributed by atoms with Crippen molar-refractivity contribution in [2.24, 2.45) is 0 Å². The Labute approximate surface area is 125 Å². The Balaban J connectivity index is 2.33. The maximum Gasteiger partial charge on any atom is 0.323 e. The predicted molar refractivity (Wildman–Crippen MR) is 80.2 cm³/mol. The lowest BCUT2D eigenvalue weighted by molar-refractivity contribution is -0.144. The molecule has 2 N–H and O–H groups in total. The summed E-state index contributed by atoms with van der Waals surface area (Å²) in [6, 6.07) is 4.65. The third-order valence-electron chi connectivity index (χ3n) is 3.51. The number of aliphatic carboxylic acids is 1. The van der Waals surface area contributed by atoms with E-state index in [1.807, 2.05) is 6.92 Å². The average molecular weight is 297 g/mol. The van der Waals surface area contributed by atoms with E-state index >= 15 is 0 Å². The summed E-state index contributed by atoms with van der Waals surface area (Å²) in [5, 5.41) is 12.2. The van der Waals surface area contributed by atoms with Gasteiger partial charge in [0.15, 0.2) is 0 Å². The van der Waals surface area contributed by atoms with Gasteiger partial charge in [-0.15, -0.1) is 0 Å². The van der Waals surface area contributed by atoms with E-state index in [-0.39, 0.29) is 5.82 Å². The minimum Gasteiger partial charge on any atom is -0.494 e. The van der Waals surface area contributed by atoms with Crippen LogP contribution in [-0.2, 0) is 4.79 Å². The number of aryl methyl sites for hydroxylation is 1. The number of carboxylic acid groups (broad SMARTS) is 1. The molecule has 0 amide bonds. The van der Waals surface area contributed by atoms with Crippen LogP contribution < -0.4 is 10.1 Å². The molecule has 118 valence electrons. The highest BCUT2D eigenvalue weighted by atomic mass is 19.1. The quantitative estimate of drug-likeness (QED) is 0.688. The molecule has 0 aliphatic rings. The molecule has 1 rings (SSSR count). The number of hydrogen-bond acceptors (Lipinski definition) is 3. The maximum atomic E-state index is 13.1. The summed E-state index contributed by atoms with van der Waals surface area (Å²) in [5.74, 6) is -0.439. The van der Waals surface area contributed by atoms with Crippen molar-refractivity contribution in [3.8, 4) is 5.75 Å². The fourth-order valence-electron chi connectivity index (χ4n) is 2.14. The molecule has 0 bridgehead atoms. The Morgan fingerprint density at radius 2 is 2.14 bits per heavy atom. The van der Waals surface area contributed by atoms with Crippen molar-refractivity contribution in [3.05, 3.63) is 29.6 Å². The maximum absolute atomic E-state index is 13.1. The van der Waals surface area contributed by atoms with Crippen LogP contribution >= 0.6 is 0 Å². The Hall–Kier alpha value is -1.62. The van der Waals surface area contributed by atoms with Crippen molar-refractivity contribution in [1.82, 2.24) is 5.32 Å². The normalized spacial score (nSPS) is 13.7. The molecule has 0 saturated carbocycles. The van der Waals surface area contributed by atoms with E-state index in [0.717, 1.165) is 12.8 Å². The number of carboxylic acids is 1. The average Bonchev–Trinajstić information content (AvgIpc) is 2.42. The standard InChI is InChI=1S/C16H24FNO3/c1-4-18-16(3,15(19)20)9-5-6-10-21-13-7-8-14(17)12(2)11-13/h7-8,11,18H,4-6,9-10H2,1-3H3,(H,19,20). The molecular weight excluding hydrogens is 273 g/mol. The van der Waals surface area contributed by atoms with Gasteiger partial charge in [0.1, 0.15) is 17.1 Å². The van der Waals surface area contributed by atoms with Gasteiger partial charge in [-0.1, -0.05) is 6.92 Å². The van der Waals surface area contributed by atoms with Crippen LogP contribution in [0, 0.1) is 12.7 Å². The van der Waals surface area contributed by atoms with Crippen LogP contribution in [0.1, 0.15) is 38.7 Å². The molecule has 0 heterocycles. The van der Waals surface area contributed by atoms with Gasteiger partial charge in [0, 0.05) is 0 Å². The number of benzene rings is 1. The van der Waals surface area contributed by atoms with Crippen molar-refractivity contribution < 1.29 is 19.0 Å². The summed E-state index contributed by atoms with van der Waals surface area (Å²) >= 11 is 0. The summed E-state index contributed by atoms with van der Waals surface area (Å²) in [5.41, 5.74) is -0.334. The predicted octanol–water partition coefficient (Wildman–Crippen LogP) is 3.14. The molecule has 5 heteroatoms. The lowest BCUT2D eigenvalue weighted by atomic mass is 9.95. The Kier molecular flexibility index (Phi) is 6.62. The highest BCUT2D eigenvalue weighted by molar-refractivity contribution is 5.78. The molecule has 0 saturated heterocycles. The lowest BCUT2D eigenvalue weighted by Crippen LogP contribution is -2.49. The third kappa shape index (κ3) is 5.34.